The molecule has 0 saturated carbocycles. The van der Waals surface area contributed by atoms with Crippen molar-refractivity contribution in [1.82, 2.24) is 5.32 Å². The summed E-state index contributed by atoms with van der Waals surface area (Å²) in [7, 11) is 1.31. The zero-order valence-corrected chi connectivity index (χ0v) is 50.2. The maximum absolute atomic E-state index is 13.0. The molecule has 1 amide bonds. The number of unbranched alkanes of at least 4 members (excludes halogenated alkanes) is 32. The molecule has 0 aromatic rings. The molecule has 9 heteroatoms. The molecule has 0 rings (SSSR count). The van der Waals surface area contributed by atoms with Crippen molar-refractivity contribution in [3.05, 3.63) is 72.9 Å². The van der Waals surface area contributed by atoms with Crippen LogP contribution in [-0.4, -0.2) is 68.5 Å². The fourth-order valence-corrected chi connectivity index (χ4v) is 9.83. The molecular formula is C65H121N2O6P. The molecule has 0 aromatic carbocycles. The van der Waals surface area contributed by atoms with Gasteiger partial charge in [0.25, 0.3) is 7.82 Å². The molecule has 74 heavy (non-hydrogen) atoms. The van der Waals surface area contributed by atoms with Gasteiger partial charge in [-0.3, -0.25) is 9.36 Å². The predicted molar refractivity (Wildman–Crippen MR) is 320 cm³/mol. The van der Waals surface area contributed by atoms with Gasteiger partial charge >= 0.3 is 0 Å². The second kappa shape index (κ2) is 55.7. The van der Waals surface area contributed by atoms with E-state index in [0.717, 1.165) is 77.0 Å². The van der Waals surface area contributed by atoms with Crippen molar-refractivity contribution in [3.8, 4) is 0 Å². The van der Waals surface area contributed by atoms with Crippen LogP contribution in [0.5, 0.6) is 0 Å². The number of hydrogen-bond donors (Lipinski definition) is 2. The highest BCUT2D eigenvalue weighted by Crippen LogP contribution is 2.38. The van der Waals surface area contributed by atoms with Crippen LogP contribution >= 0.6 is 7.82 Å². The van der Waals surface area contributed by atoms with Crippen molar-refractivity contribution in [2.45, 2.75) is 296 Å². The van der Waals surface area contributed by atoms with Gasteiger partial charge in [-0.25, -0.2) is 0 Å². The minimum Gasteiger partial charge on any atom is -0.756 e. The third kappa shape index (κ3) is 57.6. The molecule has 0 aliphatic carbocycles. The first-order valence-corrected chi connectivity index (χ1v) is 32.7. The largest absolute Gasteiger partial charge is 0.756 e. The Hall–Kier alpha value is -2.06. The average molecular weight is 1060 g/mol. The van der Waals surface area contributed by atoms with Crippen LogP contribution in [0.4, 0.5) is 0 Å². The zero-order valence-electron chi connectivity index (χ0n) is 49.3. The Morgan fingerprint density at radius 2 is 0.824 bits per heavy atom. The van der Waals surface area contributed by atoms with Crippen molar-refractivity contribution in [2.24, 2.45) is 0 Å². The maximum Gasteiger partial charge on any atom is 0.268 e. The molecule has 0 fully saturated rings. The number of nitrogens with one attached hydrogen (secondary N) is 1. The third-order valence-corrected chi connectivity index (χ3v) is 14.9. The van der Waals surface area contributed by atoms with Crippen LogP contribution in [0.2, 0.25) is 0 Å². The van der Waals surface area contributed by atoms with Crippen molar-refractivity contribution in [3.63, 3.8) is 0 Å². The molecule has 0 heterocycles. The molecule has 0 spiro atoms. The summed E-state index contributed by atoms with van der Waals surface area (Å²) < 4.78 is 23.4. The second-order valence-electron chi connectivity index (χ2n) is 22.4. The highest BCUT2D eigenvalue weighted by Gasteiger charge is 2.24. The summed E-state index contributed by atoms with van der Waals surface area (Å²) in [5.41, 5.74) is 0. The number of allylic oxidation sites excluding steroid dienone is 12. The van der Waals surface area contributed by atoms with E-state index in [4.69, 9.17) is 9.05 Å². The van der Waals surface area contributed by atoms with E-state index in [2.05, 4.69) is 92.1 Å². The van der Waals surface area contributed by atoms with Gasteiger partial charge < -0.3 is 28.8 Å². The van der Waals surface area contributed by atoms with Crippen LogP contribution in [0.1, 0.15) is 284 Å². The molecule has 0 saturated heterocycles. The number of carbonyl (C=O) groups is 1. The number of aliphatic hydroxyl groups is 1. The Morgan fingerprint density at radius 1 is 0.486 bits per heavy atom. The molecule has 8 nitrogen and oxygen atoms in total. The van der Waals surface area contributed by atoms with E-state index in [0.29, 0.717) is 23.9 Å². The number of quaternary nitrogens is 1. The molecule has 3 atom stereocenters. The van der Waals surface area contributed by atoms with E-state index < -0.39 is 20.0 Å². The number of phosphoric ester groups is 1. The summed E-state index contributed by atoms with van der Waals surface area (Å²) in [4.78, 5) is 25.5. The Labute approximate surface area is 459 Å². The predicted octanol–water partition coefficient (Wildman–Crippen LogP) is 18.8. The first-order valence-electron chi connectivity index (χ1n) is 31.3. The standard InChI is InChI=1S/C65H121N2O6P/c1-6-8-10-12-14-16-18-20-21-22-23-24-25-26-27-28-29-30-31-32-33-34-35-36-37-38-39-40-41-42-43-44-45-47-49-51-53-55-57-59-65(69)66-63(62-73-74(70,71)72-61-60-67(3,4)5)64(68)58-56-54-52-50-48-46-19-17-15-13-11-9-7-2/h8,10,14,16,20-21,23-24,26-27,29-30,63-64,68H,6-7,9,11-13,15,17-19,22,25,28,31-62H2,1-5H3,(H-,66,69,70,71)/b10-8-,16-14-,21-20-,24-23-,27-26-,30-29-. The average Bonchev–Trinajstić information content (AvgIpc) is 3.36. The maximum atomic E-state index is 13.0. The number of amides is 1. The molecule has 0 radical (unpaired) electrons. The van der Waals surface area contributed by atoms with Crippen LogP contribution in [0.25, 0.3) is 0 Å². The summed E-state index contributed by atoms with van der Waals surface area (Å²) in [5, 5.41) is 14.0. The Kier molecular flexibility index (Phi) is 54.1. The van der Waals surface area contributed by atoms with Gasteiger partial charge in [-0.1, -0.05) is 286 Å². The van der Waals surface area contributed by atoms with Gasteiger partial charge in [0.05, 0.1) is 39.9 Å². The topological polar surface area (TPSA) is 108 Å². The van der Waals surface area contributed by atoms with E-state index in [9.17, 15) is 19.4 Å². The smallest absolute Gasteiger partial charge is 0.268 e. The zero-order chi connectivity index (χ0) is 54.2. The number of aliphatic hydroxyl groups excluding tert-OH is 1. The Morgan fingerprint density at radius 3 is 1.20 bits per heavy atom. The summed E-state index contributed by atoms with van der Waals surface area (Å²) in [6.07, 6.45) is 76.8. The third-order valence-electron chi connectivity index (χ3n) is 14.0. The minimum atomic E-state index is -4.57. The quantitative estimate of drug-likeness (QED) is 0.0272. The van der Waals surface area contributed by atoms with Crippen LogP contribution in [-0.2, 0) is 18.4 Å². The fourth-order valence-electron chi connectivity index (χ4n) is 9.10. The summed E-state index contributed by atoms with van der Waals surface area (Å²) in [6, 6.07) is -0.800. The second-order valence-corrected chi connectivity index (χ2v) is 23.8. The van der Waals surface area contributed by atoms with Crippen LogP contribution in [0.15, 0.2) is 72.9 Å². The lowest BCUT2D eigenvalue weighted by Crippen LogP contribution is -2.46. The van der Waals surface area contributed by atoms with Gasteiger partial charge in [-0.05, 0) is 64.2 Å². The molecule has 2 N–H and O–H groups in total. The highest BCUT2D eigenvalue weighted by atomic mass is 31.2. The summed E-state index contributed by atoms with van der Waals surface area (Å²) in [5.74, 6) is -0.163. The van der Waals surface area contributed by atoms with E-state index in [-0.39, 0.29) is 19.1 Å². The molecule has 432 valence electrons. The van der Waals surface area contributed by atoms with E-state index in [1.54, 1.807) is 0 Å². The molecule has 0 aliphatic heterocycles. The van der Waals surface area contributed by atoms with Gasteiger partial charge in [0.2, 0.25) is 5.91 Å². The van der Waals surface area contributed by atoms with E-state index in [1.807, 2.05) is 21.1 Å². The number of nitrogens with zero attached hydrogens (tertiary/aromatic N) is 1. The highest BCUT2D eigenvalue weighted by molar-refractivity contribution is 7.45. The lowest BCUT2D eigenvalue weighted by atomic mass is 10.0. The normalized spacial score (nSPS) is 14.3. The number of likely N-dealkylation sites (N-methyl/N-ethyl adjacent to an activating group) is 1. The van der Waals surface area contributed by atoms with Crippen molar-refractivity contribution >= 4 is 13.7 Å². The van der Waals surface area contributed by atoms with E-state index in [1.165, 1.54) is 180 Å². The Balaban J connectivity index is 3.91. The SMILES string of the molecule is CC/C=C\C/C=C\C/C=C\C/C=C\C/C=C\C/C=C\CCCCCCCCCCCCCCCCCCCCCCC(=O)NC(COP(=O)([O-])OCC[N+](C)(C)C)C(O)CCCCCCCCCCCCCCC. The van der Waals surface area contributed by atoms with Crippen LogP contribution in [0.3, 0.4) is 0 Å². The lowest BCUT2D eigenvalue weighted by Gasteiger charge is -2.30. The van der Waals surface area contributed by atoms with Gasteiger partial charge in [-0.2, -0.15) is 0 Å². The van der Waals surface area contributed by atoms with Crippen molar-refractivity contribution in [1.29, 1.82) is 0 Å². The van der Waals surface area contributed by atoms with Gasteiger partial charge in [0.1, 0.15) is 13.2 Å². The summed E-state index contributed by atoms with van der Waals surface area (Å²) in [6.45, 7) is 4.62. The molecular weight excluding hydrogens is 936 g/mol. The minimum absolute atomic E-state index is 0.0123. The monoisotopic (exact) mass is 1060 g/mol. The lowest BCUT2D eigenvalue weighted by molar-refractivity contribution is -0.870. The van der Waals surface area contributed by atoms with Gasteiger partial charge in [-0.15, -0.1) is 0 Å². The van der Waals surface area contributed by atoms with Crippen LogP contribution in [0, 0.1) is 0 Å². The number of hydrogen-bond acceptors (Lipinski definition) is 6. The van der Waals surface area contributed by atoms with Crippen molar-refractivity contribution in [2.75, 3.05) is 40.9 Å². The van der Waals surface area contributed by atoms with Crippen LogP contribution < -0.4 is 10.2 Å². The van der Waals surface area contributed by atoms with Gasteiger partial charge in [0, 0.05) is 6.42 Å². The Bertz CT molecular complexity index is 1430. The first-order chi connectivity index (χ1) is 36.0. The summed E-state index contributed by atoms with van der Waals surface area (Å²) >= 11 is 0. The molecule has 0 aliphatic rings. The van der Waals surface area contributed by atoms with E-state index >= 15 is 0 Å². The molecule has 0 aromatic heterocycles. The first kappa shape index (κ1) is 71.9. The molecule has 3 unspecified atom stereocenters. The number of carbonyl (C=O) groups excluding carboxylic acids is 1. The van der Waals surface area contributed by atoms with Crippen molar-refractivity contribution < 1.29 is 32.9 Å². The van der Waals surface area contributed by atoms with Gasteiger partial charge in [0.15, 0.2) is 0 Å². The number of phosphoric acid groups is 1. The number of rotatable bonds is 57. The fraction of sp³-hybridized carbons (Fsp3) is 0.800. The molecule has 0 bridgehead atoms.